The molecular formula is C22H24BN3O5. The number of benzene rings is 2. The van der Waals surface area contributed by atoms with Crippen LogP contribution in [0, 0.1) is 18.3 Å². The number of hydrazine groups is 1. The smallest absolute Gasteiger partial charge is 0.492 e. The molecule has 2 amide bonds. The summed E-state index contributed by atoms with van der Waals surface area (Å²) < 4.78 is 10.5. The Morgan fingerprint density at radius 2 is 2.00 bits per heavy atom. The number of amides is 2. The van der Waals surface area contributed by atoms with Gasteiger partial charge >= 0.3 is 7.12 Å². The van der Waals surface area contributed by atoms with E-state index in [1.54, 1.807) is 52.0 Å². The van der Waals surface area contributed by atoms with Crippen LogP contribution in [0.2, 0.25) is 0 Å². The third-order valence-electron chi connectivity index (χ3n) is 5.10. The molecule has 160 valence electrons. The van der Waals surface area contributed by atoms with Crippen molar-refractivity contribution in [2.75, 3.05) is 7.11 Å². The number of carbonyl (C=O) groups excluding carboxylic acids is 2. The van der Waals surface area contributed by atoms with Crippen LogP contribution in [0.15, 0.2) is 36.4 Å². The Hall–Kier alpha value is -3.35. The minimum atomic E-state index is -1.29. The predicted molar refractivity (Wildman–Crippen MR) is 115 cm³/mol. The molecule has 0 aliphatic carbocycles. The lowest BCUT2D eigenvalue weighted by Crippen LogP contribution is -2.56. The Bertz CT molecular complexity index is 1070. The summed E-state index contributed by atoms with van der Waals surface area (Å²) in [5, 5.41) is 20.4. The van der Waals surface area contributed by atoms with Crippen LogP contribution in [-0.4, -0.2) is 41.6 Å². The first-order chi connectivity index (χ1) is 14.6. The number of fused-ring (bicyclic) bond motifs is 1. The van der Waals surface area contributed by atoms with Crippen molar-refractivity contribution in [1.29, 1.82) is 5.26 Å². The van der Waals surface area contributed by atoms with Gasteiger partial charge in [-0.05, 0) is 63.0 Å². The van der Waals surface area contributed by atoms with E-state index in [1.807, 2.05) is 6.07 Å². The number of ether oxygens (including phenoxy) is 1. The van der Waals surface area contributed by atoms with Crippen LogP contribution in [0.4, 0.5) is 0 Å². The normalized spacial score (nSPS) is 15.1. The van der Waals surface area contributed by atoms with Gasteiger partial charge in [-0.15, -0.1) is 0 Å². The molecule has 9 heteroatoms. The summed E-state index contributed by atoms with van der Waals surface area (Å²) in [6, 6.07) is 11.7. The van der Waals surface area contributed by atoms with Crippen LogP contribution in [0.3, 0.4) is 0 Å². The molecule has 0 spiro atoms. The fourth-order valence-electron chi connectivity index (χ4n) is 3.42. The number of methoxy groups -OCH3 is 1. The molecule has 1 heterocycles. The Morgan fingerprint density at radius 3 is 2.61 bits per heavy atom. The Labute approximate surface area is 181 Å². The van der Waals surface area contributed by atoms with E-state index in [0.29, 0.717) is 27.9 Å². The molecule has 2 N–H and O–H groups in total. The van der Waals surface area contributed by atoms with Crippen molar-refractivity contribution in [1.82, 2.24) is 10.4 Å². The molecule has 0 saturated carbocycles. The van der Waals surface area contributed by atoms with E-state index in [2.05, 4.69) is 5.43 Å². The fourth-order valence-corrected chi connectivity index (χ4v) is 3.42. The number of nitrogens with one attached hydrogen (secondary N) is 1. The van der Waals surface area contributed by atoms with Crippen molar-refractivity contribution >= 4 is 24.4 Å². The van der Waals surface area contributed by atoms with Gasteiger partial charge in [0.25, 0.3) is 11.8 Å². The molecule has 2 aromatic carbocycles. The molecule has 1 unspecified atom stereocenters. The SMILES string of the molecule is COc1cccc(C(=O)N(NC(=O)c2ccc3c(c2)B(O)OC3C#N)C(C)(C)C)c1C. The topological polar surface area (TPSA) is 112 Å². The fraction of sp³-hybridized carbons (Fsp3) is 0.318. The van der Waals surface area contributed by atoms with Crippen LogP contribution in [-0.2, 0) is 4.65 Å². The van der Waals surface area contributed by atoms with Gasteiger partial charge in [0, 0.05) is 16.7 Å². The van der Waals surface area contributed by atoms with E-state index in [-0.39, 0.29) is 11.5 Å². The molecule has 3 rings (SSSR count). The molecule has 2 aromatic rings. The third kappa shape index (κ3) is 4.26. The quantitative estimate of drug-likeness (QED) is 0.578. The molecule has 8 nitrogen and oxygen atoms in total. The number of nitrogens with zero attached hydrogens (tertiary/aromatic N) is 2. The zero-order valence-corrected chi connectivity index (χ0v) is 18.1. The van der Waals surface area contributed by atoms with Gasteiger partial charge in [-0.3, -0.25) is 15.0 Å². The zero-order chi connectivity index (χ0) is 22.9. The molecular weight excluding hydrogens is 397 g/mol. The summed E-state index contributed by atoms with van der Waals surface area (Å²) in [6.07, 6.45) is -0.884. The molecule has 31 heavy (non-hydrogen) atoms. The standard InChI is InChI=1S/C22H24BN3O5/c1-13-15(7-6-8-18(13)30-5)21(28)26(22(2,3)4)25-20(27)14-9-10-16-17(11-14)23(29)31-19(16)12-24/h6-11,19,29H,1-5H3,(H,25,27). The summed E-state index contributed by atoms with van der Waals surface area (Å²) in [6.45, 7) is 7.19. The minimum Gasteiger partial charge on any atom is -0.496 e. The first-order valence-corrected chi connectivity index (χ1v) is 9.74. The summed E-state index contributed by atoms with van der Waals surface area (Å²) in [7, 11) is 0.245. The summed E-state index contributed by atoms with van der Waals surface area (Å²) in [4.78, 5) is 26.3. The molecule has 0 fully saturated rings. The van der Waals surface area contributed by atoms with Gasteiger partial charge in [-0.1, -0.05) is 12.1 Å². The molecule has 1 aliphatic heterocycles. The largest absolute Gasteiger partial charge is 0.496 e. The summed E-state index contributed by atoms with van der Waals surface area (Å²) in [5.41, 5.74) is 4.13. The number of rotatable bonds is 3. The molecule has 1 atom stereocenters. The van der Waals surface area contributed by atoms with Gasteiger partial charge in [0.2, 0.25) is 0 Å². The van der Waals surface area contributed by atoms with Gasteiger partial charge in [-0.25, -0.2) is 5.01 Å². The molecule has 0 bridgehead atoms. The Morgan fingerprint density at radius 1 is 1.29 bits per heavy atom. The maximum atomic E-state index is 13.3. The lowest BCUT2D eigenvalue weighted by atomic mass is 9.78. The first-order valence-electron chi connectivity index (χ1n) is 9.74. The van der Waals surface area contributed by atoms with Crippen LogP contribution in [0.1, 0.15) is 58.7 Å². The van der Waals surface area contributed by atoms with Crippen molar-refractivity contribution in [3.8, 4) is 11.8 Å². The highest BCUT2D eigenvalue weighted by Crippen LogP contribution is 2.25. The minimum absolute atomic E-state index is 0.226. The van der Waals surface area contributed by atoms with Crippen LogP contribution in [0.5, 0.6) is 5.75 Å². The highest BCUT2D eigenvalue weighted by atomic mass is 16.5. The lowest BCUT2D eigenvalue weighted by Gasteiger charge is -2.36. The Balaban J connectivity index is 1.91. The van der Waals surface area contributed by atoms with Crippen molar-refractivity contribution in [2.45, 2.75) is 39.3 Å². The van der Waals surface area contributed by atoms with Crippen LogP contribution >= 0.6 is 0 Å². The summed E-state index contributed by atoms with van der Waals surface area (Å²) >= 11 is 0. The van der Waals surface area contributed by atoms with Gasteiger partial charge < -0.3 is 14.4 Å². The van der Waals surface area contributed by atoms with Gasteiger partial charge in [-0.2, -0.15) is 5.26 Å². The summed E-state index contributed by atoms with van der Waals surface area (Å²) in [5.74, 6) is -0.337. The Kier molecular flexibility index (Phi) is 6.07. The van der Waals surface area contributed by atoms with E-state index in [1.165, 1.54) is 24.3 Å². The van der Waals surface area contributed by atoms with Gasteiger partial charge in [0.05, 0.1) is 18.7 Å². The van der Waals surface area contributed by atoms with Crippen LogP contribution < -0.4 is 15.6 Å². The van der Waals surface area contributed by atoms with Gasteiger partial charge in [0.1, 0.15) is 5.75 Å². The second-order valence-corrected chi connectivity index (χ2v) is 8.23. The van der Waals surface area contributed by atoms with Crippen molar-refractivity contribution in [3.05, 3.63) is 58.7 Å². The maximum absolute atomic E-state index is 13.3. The van der Waals surface area contributed by atoms with Crippen molar-refractivity contribution < 1.29 is 24.0 Å². The van der Waals surface area contributed by atoms with E-state index in [0.717, 1.165) is 0 Å². The van der Waals surface area contributed by atoms with E-state index < -0.39 is 24.7 Å². The molecule has 0 saturated heterocycles. The number of hydrogen-bond donors (Lipinski definition) is 2. The average molecular weight is 421 g/mol. The van der Waals surface area contributed by atoms with Crippen LogP contribution in [0.25, 0.3) is 0 Å². The second-order valence-electron chi connectivity index (χ2n) is 8.23. The highest BCUT2D eigenvalue weighted by Gasteiger charge is 2.36. The molecule has 0 aromatic heterocycles. The van der Waals surface area contributed by atoms with Crippen molar-refractivity contribution in [2.24, 2.45) is 0 Å². The highest BCUT2D eigenvalue weighted by molar-refractivity contribution is 6.62. The van der Waals surface area contributed by atoms with E-state index in [4.69, 9.17) is 14.7 Å². The lowest BCUT2D eigenvalue weighted by molar-refractivity contribution is 0.0357. The predicted octanol–water partition coefficient (Wildman–Crippen LogP) is 1.87. The number of nitriles is 1. The first kappa shape index (κ1) is 22.3. The monoisotopic (exact) mass is 421 g/mol. The average Bonchev–Trinajstić information content (AvgIpc) is 3.06. The van der Waals surface area contributed by atoms with E-state index in [9.17, 15) is 14.6 Å². The van der Waals surface area contributed by atoms with Gasteiger partial charge in [0.15, 0.2) is 6.10 Å². The number of carbonyl (C=O) groups is 2. The molecule has 1 aliphatic rings. The zero-order valence-electron chi connectivity index (χ0n) is 18.1. The maximum Gasteiger partial charge on any atom is 0.492 e. The number of hydrogen-bond acceptors (Lipinski definition) is 6. The third-order valence-corrected chi connectivity index (χ3v) is 5.10. The van der Waals surface area contributed by atoms with Crippen molar-refractivity contribution in [3.63, 3.8) is 0 Å². The van der Waals surface area contributed by atoms with E-state index >= 15 is 0 Å². The molecule has 0 radical (unpaired) electrons. The second kappa shape index (κ2) is 8.42.